The van der Waals surface area contributed by atoms with Crippen LogP contribution in [0.15, 0.2) is 71.8 Å². The van der Waals surface area contributed by atoms with Crippen molar-refractivity contribution in [3.8, 4) is 11.1 Å². The van der Waals surface area contributed by atoms with E-state index in [1.807, 2.05) is 0 Å². The van der Waals surface area contributed by atoms with Crippen molar-refractivity contribution in [1.29, 1.82) is 0 Å². The first-order valence-electron chi connectivity index (χ1n) is 12.7. The molecule has 2 aromatic rings. The Morgan fingerprint density at radius 2 is 1.26 bits per heavy atom. The first-order chi connectivity index (χ1) is 15.1. The van der Waals surface area contributed by atoms with Crippen LogP contribution in [0.5, 0.6) is 0 Å². The Hall–Kier alpha value is -2.08. The van der Waals surface area contributed by atoms with Gasteiger partial charge in [0.2, 0.25) is 0 Å². The summed E-state index contributed by atoms with van der Waals surface area (Å²) in [6.45, 7) is 5.02. The summed E-state index contributed by atoms with van der Waals surface area (Å²) >= 11 is 0. The second-order valence-electron chi connectivity index (χ2n) is 11.9. The maximum Gasteiger partial charge on any atom is 0.0190 e. The lowest BCUT2D eigenvalue weighted by molar-refractivity contribution is -0.0194. The van der Waals surface area contributed by atoms with E-state index in [0.717, 1.165) is 36.0 Å². The fourth-order valence-electron chi connectivity index (χ4n) is 8.82. The Balaban J connectivity index is 1.24. The molecule has 0 N–H and O–H groups in total. The standard InChI is InChI=1S/C31H34/c1-31(2,30-27-9-5-3-7-25(27)26-8-4-6-10-28(26)30)24-12-11-21(18-24)29-22-14-19-13-20(16-22)17-23(29)15-19/h3-11,18-20,22-23,29-30H,12-17H2,1-2H3. The highest BCUT2D eigenvalue weighted by Crippen LogP contribution is 2.61. The molecule has 0 heteroatoms. The molecule has 0 unspecified atom stereocenters. The first kappa shape index (κ1) is 18.5. The van der Waals surface area contributed by atoms with Crippen LogP contribution in [0.2, 0.25) is 0 Å². The number of benzene rings is 2. The zero-order chi connectivity index (χ0) is 20.7. The van der Waals surface area contributed by atoms with E-state index in [4.69, 9.17) is 0 Å². The van der Waals surface area contributed by atoms with Gasteiger partial charge in [-0.25, -0.2) is 0 Å². The molecular weight excluding hydrogens is 372 g/mol. The van der Waals surface area contributed by atoms with Gasteiger partial charge in [0.25, 0.3) is 0 Å². The molecule has 0 radical (unpaired) electrons. The summed E-state index contributed by atoms with van der Waals surface area (Å²) in [6.07, 6.45) is 14.1. The third kappa shape index (κ3) is 2.60. The van der Waals surface area contributed by atoms with Gasteiger partial charge in [0.05, 0.1) is 0 Å². The Morgan fingerprint density at radius 1 is 0.710 bits per heavy atom. The molecule has 6 aliphatic carbocycles. The normalized spacial score (nSPS) is 33.3. The number of fused-ring (bicyclic) bond motifs is 3. The van der Waals surface area contributed by atoms with Crippen LogP contribution in [0.3, 0.4) is 0 Å². The van der Waals surface area contributed by atoms with Gasteiger partial charge in [-0.15, -0.1) is 0 Å². The summed E-state index contributed by atoms with van der Waals surface area (Å²) in [5, 5.41) is 0. The molecule has 158 valence electrons. The van der Waals surface area contributed by atoms with E-state index in [9.17, 15) is 0 Å². The molecule has 2 aromatic carbocycles. The van der Waals surface area contributed by atoms with Crippen molar-refractivity contribution >= 4 is 0 Å². The quantitative estimate of drug-likeness (QED) is 0.482. The van der Waals surface area contributed by atoms with E-state index < -0.39 is 0 Å². The number of hydrogen-bond acceptors (Lipinski definition) is 0. The summed E-state index contributed by atoms with van der Waals surface area (Å²) in [5.74, 6) is 5.41. The molecule has 0 saturated heterocycles. The molecule has 0 atom stereocenters. The molecule has 31 heavy (non-hydrogen) atoms. The van der Waals surface area contributed by atoms with Gasteiger partial charge < -0.3 is 0 Å². The van der Waals surface area contributed by atoms with Crippen LogP contribution in [0.1, 0.15) is 69.4 Å². The van der Waals surface area contributed by atoms with Gasteiger partial charge in [0, 0.05) is 5.92 Å². The minimum Gasteiger partial charge on any atom is -0.0769 e. The molecule has 0 spiro atoms. The Kier molecular flexibility index (Phi) is 3.86. The van der Waals surface area contributed by atoms with E-state index in [-0.39, 0.29) is 5.41 Å². The maximum absolute atomic E-state index is 2.68. The van der Waals surface area contributed by atoms with Gasteiger partial charge >= 0.3 is 0 Å². The summed E-state index contributed by atoms with van der Waals surface area (Å²) in [6, 6.07) is 18.3. The molecule has 4 bridgehead atoms. The van der Waals surface area contributed by atoms with Crippen molar-refractivity contribution in [3.05, 3.63) is 83.0 Å². The smallest absolute Gasteiger partial charge is 0.0190 e. The lowest BCUT2D eigenvalue weighted by Crippen LogP contribution is -2.45. The molecule has 0 aliphatic heterocycles. The van der Waals surface area contributed by atoms with Crippen molar-refractivity contribution < 1.29 is 0 Å². The van der Waals surface area contributed by atoms with Crippen LogP contribution >= 0.6 is 0 Å². The van der Waals surface area contributed by atoms with Gasteiger partial charge in [-0.1, -0.05) is 80.1 Å². The SMILES string of the molecule is CC(C)(C1=CC(C2C3CC4CC(C3)CC2C4)=CC1)C1c2ccccc2-c2ccccc21. The topological polar surface area (TPSA) is 0 Å². The molecule has 0 amide bonds. The molecule has 0 heterocycles. The van der Waals surface area contributed by atoms with Crippen molar-refractivity contribution in [1.82, 2.24) is 0 Å². The summed E-state index contributed by atoms with van der Waals surface area (Å²) in [5.41, 5.74) is 9.46. The number of hydrogen-bond donors (Lipinski definition) is 0. The average molecular weight is 407 g/mol. The molecular formula is C31H34. The summed E-state index contributed by atoms with van der Waals surface area (Å²) in [7, 11) is 0. The fourth-order valence-corrected chi connectivity index (χ4v) is 8.82. The lowest BCUT2D eigenvalue weighted by Gasteiger charge is -2.54. The summed E-state index contributed by atoms with van der Waals surface area (Å²) < 4.78 is 0. The highest BCUT2D eigenvalue weighted by atomic mass is 14.5. The molecule has 0 nitrogen and oxygen atoms in total. The van der Waals surface area contributed by atoms with Gasteiger partial charge in [-0.05, 0) is 101 Å². The summed E-state index contributed by atoms with van der Waals surface area (Å²) in [4.78, 5) is 0. The predicted octanol–water partition coefficient (Wildman–Crippen LogP) is 8.15. The molecule has 6 aliphatic rings. The molecule has 4 fully saturated rings. The number of rotatable bonds is 3. The zero-order valence-electron chi connectivity index (χ0n) is 19.0. The van der Waals surface area contributed by atoms with E-state index in [2.05, 4.69) is 74.5 Å². The molecule has 4 saturated carbocycles. The largest absolute Gasteiger partial charge is 0.0769 e. The van der Waals surface area contributed by atoms with Crippen LogP contribution in [-0.4, -0.2) is 0 Å². The van der Waals surface area contributed by atoms with E-state index in [1.54, 1.807) is 17.6 Å². The van der Waals surface area contributed by atoms with Gasteiger partial charge in [-0.3, -0.25) is 0 Å². The van der Waals surface area contributed by atoms with Crippen molar-refractivity contribution in [2.24, 2.45) is 35.0 Å². The van der Waals surface area contributed by atoms with E-state index in [1.165, 1.54) is 47.9 Å². The van der Waals surface area contributed by atoms with E-state index >= 15 is 0 Å². The molecule has 8 rings (SSSR count). The highest BCUT2D eigenvalue weighted by molar-refractivity contribution is 5.79. The Labute approximate surface area is 187 Å². The van der Waals surface area contributed by atoms with Crippen molar-refractivity contribution in [2.75, 3.05) is 0 Å². The second kappa shape index (κ2) is 6.47. The van der Waals surface area contributed by atoms with Crippen molar-refractivity contribution in [2.45, 2.75) is 58.3 Å². The predicted molar refractivity (Wildman–Crippen MR) is 129 cm³/mol. The number of allylic oxidation sites excluding steroid dienone is 4. The van der Waals surface area contributed by atoms with Crippen molar-refractivity contribution in [3.63, 3.8) is 0 Å². The fraction of sp³-hybridized carbons (Fsp3) is 0.484. The molecule has 0 aromatic heterocycles. The van der Waals surface area contributed by atoms with Crippen LogP contribution in [0.4, 0.5) is 0 Å². The second-order valence-corrected chi connectivity index (χ2v) is 11.9. The Morgan fingerprint density at radius 3 is 1.84 bits per heavy atom. The highest BCUT2D eigenvalue weighted by Gasteiger charge is 2.50. The van der Waals surface area contributed by atoms with Gasteiger partial charge in [-0.2, -0.15) is 0 Å². The van der Waals surface area contributed by atoms with E-state index in [0.29, 0.717) is 5.92 Å². The van der Waals surface area contributed by atoms with Crippen LogP contribution < -0.4 is 0 Å². The monoisotopic (exact) mass is 406 g/mol. The minimum atomic E-state index is 0.132. The van der Waals surface area contributed by atoms with Crippen LogP contribution in [0, 0.1) is 35.0 Å². The lowest BCUT2D eigenvalue weighted by atomic mass is 9.50. The van der Waals surface area contributed by atoms with Crippen LogP contribution in [-0.2, 0) is 0 Å². The minimum absolute atomic E-state index is 0.132. The zero-order valence-corrected chi connectivity index (χ0v) is 19.0. The first-order valence-corrected chi connectivity index (χ1v) is 12.7. The van der Waals surface area contributed by atoms with Gasteiger partial charge in [0.1, 0.15) is 0 Å². The average Bonchev–Trinajstić information content (AvgIpc) is 3.37. The Bertz CT molecular complexity index is 1040. The van der Waals surface area contributed by atoms with Crippen LogP contribution in [0.25, 0.3) is 11.1 Å². The van der Waals surface area contributed by atoms with Gasteiger partial charge in [0.15, 0.2) is 0 Å². The maximum atomic E-state index is 2.68. The third-order valence-corrected chi connectivity index (χ3v) is 9.89. The third-order valence-electron chi connectivity index (χ3n) is 9.89.